The number of carbonyl (C=O) groups excluding carboxylic acids is 1. The van der Waals surface area contributed by atoms with Gasteiger partial charge in [0.2, 0.25) is 11.9 Å². The number of aliphatic hydroxyl groups is 1. The molecule has 2 aromatic heterocycles. The van der Waals surface area contributed by atoms with Gasteiger partial charge in [-0.3, -0.25) is 9.48 Å². The second kappa shape index (κ2) is 9.35. The van der Waals surface area contributed by atoms with Crippen molar-refractivity contribution in [3.05, 3.63) is 59.5 Å². The van der Waals surface area contributed by atoms with Crippen LogP contribution < -0.4 is 10.6 Å². The fraction of sp³-hybridized carbons (Fsp3) is 0.263. The number of amides is 1. The molecule has 2 heterocycles. The van der Waals surface area contributed by atoms with Crippen molar-refractivity contribution in [2.75, 3.05) is 31.3 Å². The van der Waals surface area contributed by atoms with Crippen LogP contribution in [0, 0.1) is 0 Å². The van der Waals surface area contributed by atoms with Crippen LogP contribution in [0.3, 0.4) is 0 Å². The predicted molar refractivity (Wildman–Crippen MR) is 111 cm³/mol. The van der Waals surface area contributed by atoms with Gasteiger partial charge in [-0.2, -0.15) is 10.1 Å². The Balaban J connectivity index is 1.72. The highest BCUT2D eigenvalue weighted by molar-refractivity contribution is 6.32. The Morgan fingerprint density at radius 2 is 2.03 bits per heavy atom. The van der Waals surface area contributed by atoms with Gasteiger partial charge in [0.1, 0.15) is 11.6 Å². The second-order valence-corrected chi connectivity index (χ2v) is 6.93. The second-order valence-electron chi connectivity index (χ2n) is 6.52. The van der Waals surface area contributed by atoms with Gasteiger partial charge in [0.15, 0.2) is 5.82 Å². The molecule has 0 spiro atoms. The summed E-state index contributed by atoms with van der Waals surface area (Å²) in [6, 6.07) is 9.15. The van der Waals surface area contributed by atoms with Crippen LogP contribution in [0.2, 0.25) is 5.02 Å². The van der Waals surface area contributed by atoms with Gasteiger partial charge in [-0.05, 0) is 5.56 Å². The molecule has 1 atom stereocenters. The number of halogens is 1. The van der Waals surface area contributed by atoms with E-state index in [9.17, 15) is 9.90 Å². The summed E-state index contributed by atoms with van der Waals surface area (Å²) in [7, 11) is 3.38. The zero-order valence-corrected chi connectivity index (χ0v) is 16.8. The first-order valence-corrected chi connectivity index (χ1v) is 9.28. The molecular weight excluding hydrogens is 394 g/mol. The number of carbonyl (C=O) groups is 1. The monoisotopic (exact) mass is 415 g/mol. The Kier molecular flexibility index (Phi) is 6.63. The summed E-state index contributed by atoms with van der Waals surface area (Å²) in [6.45, 7) is 0.0119. The standard InChI is InChI=1S/C19H22ClN7O2/c1-26(2)17(29)11-27-10-14(8-22-27)23-19-21-9-15(20)18(25-19)24-16(12-28)13-6-4-3-5-7-13/h3-10,16,28H,11-12H2,1-2H3,(H2,21,23,24,25)/t16-/m1/s1. The molecule has 0 unspecified atom stereocenters. The van der Waals surface area contributed by atoms with E-state index >= 15 is 0 Å². The van der Waals surface area contributed by atoms with Crippen LogP contribution in [0.4, 0.5) is 17.5 Å². The number of hydrogen-bond donors (Lipinski definition) is 3. The van der Waals surface area contributed by atoms with Gasteiger partial charge in [0.05, 0.1) is 30.7 Å². The summed E-state index contributed by atoms with van der Waals surface area (Å²) in [4.78, 5) is 21.8. The number of anilines is 3. The van der Waals surface area contributed by atoms with Crippen LogP contribution in [-0.2, 0) is 11.3 Å². The lowest BCUT2D eigenvalue weighted by atomic mass is 10.1. The molecule has 152 valence electrons. The lowest BCUT2D eigenvalue weighted by Gasteiger charge is -2.18. The molecule has 0 radical (unpaired) electrons. The Bertz CT molecular complexity index is 962. The molecule has 0 fully saturated rings. The quantitative estimate of drug-likeness (QED) is 0.518. The largest absolute Gasteiger partial charge is 0.394 e. The van der Waals surface area contributed by atoms with Gasteiger partial charge in [0.25, 0.3) is 0 Å². The van der Waals surface area contributed by atoms with Crippen molar-refractivity contribution in [2.45, 2.75) is 12.6 Å². The molecule has 0 saturated heterocycles. The van der Waals surface area contributed by atoms with Crippen molar-refractivity contribution in [2.24, 2.45) is 0 Å². The highest BCUT2D eigenvalue weighted by atomic mass is 35.5. The van der Waals surface area contributed by atoms with Crippen LogP contribution in [0.15, 0.2) is 48.9 Å². The number of hydrogen-bond acceptors (Lipinski definition) is 7. The number of aliphatic hydroxyl groups excluding tert-OH is 1. The first-order chi connectivity index (χ1) is 14.0. The molecule has 3 aromatic rings. The van der Waals surface area contributed by atoms with E-state index in [0.29, 0.717) is 22.5 Å². The van der Waals surface area contributed by atoms with Crippen LogP contribution in [0.1, 0.15) is 11.6 Å². The molecule has 0 aliphatic rings. The topological polar surface area (TPSA) is 108 Å². The maximum atomic E-state index is 11.8. The van der Waals surface area contributed by atoms with E-state index in [1.54, 1.807) is 26.5 Å². The zero-order chi connectivity index (χ0) is 20.8. The van der Waals surface area contributed by atoms with Crippen molar-refractivity contribution < 1.29 is 9.90 Å². The minimum Gasteiger partial charge on any atom is -0.394 e. The highest BCUT2D eigenvalue weighted by Gasteiger charge is 2.14. The number of nitrogens with zero attached hydrogens (tertiary/aromatic N) is 5. The molecule has 0 bridgehead atoms. The van der Waals surface area contributed by atoms with Gasteiger partial charge >= 0.3 is 0 Å². The number of aromatic nitrogens is 4. The smallest absolute Gasteiger partial charge is 0.243 e. The van der Waals surface area contributed by atoms with Crippen molar-refractivity contribution in [1.82, 2.24) is 24.6 Å². The van der Waals surface area contributed by atoms with E-state index in [1.807, 2.05) is 30.3 Å². The van der Waals surface area contributed by atoms with Crippen LogP contribution in [0.5, 0.6) is 0 Å². The SMILES string of the molecule is CN(C)C(=O)Cn1cc(Nc2ncc(Cl)c(N[C@H](CO)c3ccccc3)n2)cn1. The normalized spacial score (nSPS) is 11.7. The molecular formula is C19H22ClN7O2. The molecule has 3 N–H and O–H groups in total. The average molecular weight is 416 g/mol. The van der Waals surface area contributed by atoms with E-state index in [2.05, 4.69) is 25.7 Å². The molecule has 0 saturated carbocycles. The number of benzene rings is 1. The predicted octanol–water partition coefficient (Wildman–Crippen LogP) is 2.30. The fourth-order valence-electron chi connectivity index (χ4n) is 2.54. The molecule has 29 heavy (non-hydrogen) atoms. The molecule has 3 rings (SSSR count). The average Bonchev–Trinajstić information content (AvgIpc) is 3.15. The molecule has 10 heteroatoms. The number of rotatable bonds is 8. The maximum Gasteiger partial charge on any atom is 0.243 e. The van der Waals surface area contributed by atoms with Crippen molar-refractivity contribution >= 4 is 35.0 Å². The minimum atomic E-state index is -0.365. The van der Waals surface area contributed by atoms with Gasteiger partial charge in [-0.25, -0.2) is 4.98 Å². The summed E-state index contributed by atoms with van der Waals surface area (Å²) in [5.41, 5.74) is 1.54. The van der Waals surface area contributed by atoms with Crippen LogP contribution >= 0.6 is 11.6 Å². The van der Waals surface area contributed by atoms with Crippen molar-refractivity contribution in [3.8, 4) is 0 Å². The summed E-state index contributed by atoms with van der Waals surface area (Å²) < 4.78 is 1.52. The van der Waals surface area contributed by atoms with E-state index in [-0.39, 0.29) is 25.1 Å². The van der Waals surface area contributed by atoms with Crippen LogP contribution in [0.25, 0.3) is 0 Å². The molecule has 0 aliphatic heterocycles. The van der Waals surface area contributed by atoms with Crippen LogP contribution in [-0.4, -0.2) is 56.4 Å². The Morgan fingerprint density at radius 3 is 2.72 bits per heavy atom. The molecule has 1 aromatic carbocycles. The Morgan fingerprint density at radius 1 is 1.28 bits per heavy atom. The first kappa shape index (κ1) is 20.6. The molecule has 9 nitrogen and oxygen atoms in total. The summed E-state index contributed by atoms with van der Waals surface area (Å²) in [6.07, 6.45) is 4.74. The van der Waals surface area contributed by atoms with Gasteiger partial charge in [0, 0.05) is 20.3 Å². The zero-order valence-electron chi connectivity index (χ0n) is 16.1. The highest BCUT2D eigenvalue weighted by Crippen LogP contribution is 2.25. The Labute approximate surface area is 173 Å². The third kappa shape index (κ3) is 5.43. The third-order valence-corrected chi connectivity index (χ3v) is 4.40. The van der Waals surface area contributed by atoms with Gasteiger partial charge < -0.3 is 20.6 Å². The van der Waals surface area contributed by atoms with E-state index in [1.165, 1.54) is 15.8 Å². The summed E-state index contributed by atoms with van der Waals surface area (Å²) >= 11 is 6.22. The van der Waals surface area contributed by atoms with E-state index in [0.717, 1.165) is 5.56 Å². The molecule has 0 aliphatic carbocycles. The third-order valence-electron chi connectivity index (χ3n) is 4.13. The van der Waals surface area contributed by atoms with E-state index < -0.39 is 0 Å². The lowest BCUT2D eigenvalue weighted by molar-refractivity contribution is -0.129. The van der Waals surface area contributed by atoms with E-state index in [4.69, 9.17) is 11.6 Å². The van der Waals surface area contributed by atoms with Gasteiger partial charge in [-0.15, -0.1) is 0 Å². The molecule has 1 amide bonds. The number of nitrogens with one attached hydrogen (secondary N) is 2. The van der Waals surface area contributed by atoms with Crippen molar-refractivity contribution in [3.63, 3.8) is 0 Å². The number of likely N-dealkylation sites (N-methyl/N-ethyl adjacent to an activating group) is 1. The maximum absolute atomic E-state index is 11.8. The minimum absolute atomic E-state index is 0.0650. The summed E-state index contributed by atoms with van der Waals surface area (Å²) in [5.74, 6) is 0.632. The fourth-order valence-corrected chi connectivity index (χ4v) is 2.68. The van der Waals surface area contributed by atoms with Gasteiger partial charge in [-0.1, -0.05) is 41.9 Å². The van der Waals surface area contributed by atoms with Crippen molar-refractivity contribution in [1.29, 1.82) is 0 Å². The Hall–Kier alpha value is -3.17. The lowest BCUT2D eigenvalue weighted by Crippen LogP contribution is -2.26. The first-order valence-electron chi connectivity index (χ1n) is 8.90. The summed E-state index contributed by atoms with van der Waals surface area (Å²) in [5, 5.41) is 20.4.